The van der Waals surface area contributed by atoms with Crippen LogP contribution in [0.2, 0.25) is 0 Å². The maximum Gasteiger partial charge on any atom is 0.242 e. The molecule has 0 saturated carbocycles. The number of ether oxygens (including phenoxy) is 1. The maximum absolute atomic E-state index is 13.4. The van der Waals surface area contributed by atoms with E-state index in [2.05, 4.69) is 5.32 Å². The quantitative estimate of drug-likeness (QED) is 0.435. The predicted molar refractivity (Wildman–Crippen MR) is 144 cm³/mol. The van der Waals surface area contributed by atoms with Gasteiger partial charge in [-0.1, -0.05) is 42.0 Å². The van der Waals surface area contributed by atoms with Crippen LogP contribution in [-0.2, 0) is 26.2 Å². The first-order chi connectivity index (χ1) is 16.9. The van der Waals surface area contributed by atoms with Crippen molar-refractivity contribution in [3.63, 3.8) is 0 Å². The van der Waals surface area contributed by atoms with E-state index in [1.807, 2.05) is 52.0 Å². The molecular formula is C27H39N3O5S. The lowest BCUT2D eigenvalue weighted by Gasteiger charge is -2.30. The van der Waals surface area contributed by atoms with Crippen LogP contribution in [0.5, 0.6) is 5.75 Å². The minimum absolute atomic E-state index is 0.0513. The molecule has 198 valence electrons. The summed E-state index contributed by atoms with van der Waals surface area (Å²) in [4.78, 5) is 27.7. The Balaban J connectivity index is 2.21. The van der Waals surface area contributed by atoms with E-state index in [-0.39, 0.29) is 43.8 Å². The number of carbonyl (C=O) groups excluding carboxylic acids is 2. The lowest BCUT2D eigenvalue weighted by molar-refractivity contribution is -0.140. The van der Waals surface area contributed by atoms with Crippen LogP contribution in [0.4, 0.5) is 5.69 Å². The molecule has 2 amide bonds. The molecule has 2 rings (SSSR count). The SMILES string of the molecule is CCOc1ccccc1N(CCCC(=O)N(Cc1cccc(C)c1)[C@@H](C)C(=O)NC(C)C)S(C)(=O)=O. The van der Waals surface area contributed by atoms with E-state index in [0.29, 0.717) is 18.0 Å². The van der Waals surface area contributed by atoms with Crippen molar-refractivity contribution in [1.82, 2.24) is 10.2 Å². The van der Waals surface area contributed by atoms with Crippen molar-refractivity contribution in [1.29, 1.82) is 0 Å². The van der Waals surface area contributed by atoms with Crippen molar-refractivity contribution in [2.75, 3.05) is 23.7 Å². The molecule has 1 atom stereocenters. The number of aryl methyl sites for hydroxylation is 1. The molecule has 0 radical (unpaired) electrons. The van der Waals surface area contributed by atoms with Crippen LogP contribution in [0.25, 0.3) is 0 Å². The van der Waals surface area contributed by atoms with Crippen molar-refractivity contribution in [3.05, 3.63) is 59.7 Å². The summed E-state index contributed by atoms with van der Waals surface area (Å²) in [6.45, 7) is 10.1. The zero-order valence-corrected chi connectivity index (χ0v) is 23.0. The van der Waals surface area contributed by atoms with Crippen molar-refractivity contribution in [2.24, 2.45) is 0 Å². The maximum atomic E-state index is 13.4. The predicted octanol–water partition coefficient (Wildman–Crippen LogP) is 3.88. The van der Waals surface area contributed by atoms with E-state index in [1.54, 1.807) is 36.1 Å². The van der Waals surface area contributed by atoms with Gasteiger partial charge in [-0.25, -0.2) is 8.42 Å². The van der Waals surface area contributed by atoms with Crippen LogP contribution in [0.3, 0.4) is 0 Å². The minimum Gasteiger partial charge on any atom is -0.492 e. The topological polar surface area (TPSA) is 96.0 Å². The first-order valence-corrected chi connectivity index (χ1v) is 14.1. The second-order valence-corrected chi connectivity index (χ2v) is 11.1. The number of amides is 2. The Labute approximate surface area is 215 Å². The Morgan fingerprint density at radius 3 is 2.36 bits per heavy atom. The van der Waals surface area contributed by atoms with Crippen LogP contribution >= 0.6 is 0 Å². The Morgan fingerprint density at radius 1 is 1.06 bits per heavy atom. The lowest BCUT2D eigenvalue weighted by atomic mass is 10.1. The standard InChI is InChI=1S/C27H39N3O5S/c1-7-35-25-15-9-8-14-24(25)30(36(6,33)34)17-11-16-26(31)29(22(5)27(32)28-20(2)3)19-23-13-10-12-21(4)18-23/h8-10,12-15,18,20,22H,7,11,16-17,19H2,1-6H3,(H,28,32)/t22-/m0/s1. The largest absolute Gasteiger partial charge is 0.492 e. The molecule has 9 heteroatoms. The summed E-state index contributed by atoms with van der Waals surface area (Å²) >= 11 is 0. The van der Waals surface area contributed by atoms with Gasteiger partial charge in [-0.05, 0) is 58.7 Å². The molecule has 0 aliphatic heterocycles. The van der Waals surface area contributed by atoms with E-state index in [9.17, 15) is 18.0 Å². The first-order valence-electron chi connectivity index (χ1n) is 12.3. The van der Waals surface area contributed by atoms with Crippen LogP contribution < -0.4 is 14.4 Å². The molecule has 0 heterocycles. The molecule has 0 aliphatic carbocycles. The highest BCUT2D eigenvalue weighted by Gasteiger charge is 2.27. The summed E-state index contributed by atoms with van der Waals surface area (Å²) in [5, 5.41) is 2.87. The number of sulfonamides is 1. The smallest absolute Gasteiger partial charge is 0.242 e. The first kappa shape index (κ1) is 29.2. The van der Waals surface area contributed by atoms with Crippen LogP contribution in [0, 0.1) is 6.92 Å². The van der Waals surface area contributed by atoms with E-state index in [0.717, 1.165) is 17.4 Å². The number of carbonyl (C=O) groups is 2. The van der Waals surface area contributed by atoms with Gasteiger partial charge in [-0.15, -0.1) is 0 Å². The average Bonchev–Trinajstić information content (AvgIpc) is 2.79. The third-order valence-electron chi connectivity index (χ3n) is 5.62. The Hall–Kier alpha value is -3.07. The Bertz CT molecular complexity index is 1130. The van der Waals surface area contributed by atoms with E-state index in [1.165, 1.54) is 4.31 Å². The van der Waals surface area contributed by atoms with Crippen LogP contribution in [0.1, 0.15) is 51.7 Å². The van der Waals surface area contributed by atoms with Gasteiger partial charge in [0.2, 0.25) is 21.8 Å². The number of nitrogens with zero attached hydrogens (tertiary/aromatic N) is 2. The summed E-state index contributed by atoms with van der Waals surface area (Å²) in [5.41, 5.74) is 2.43. The molecule has 0 fully saturated rings. The monoisotopic (exact) mass is 517 g/mol. The van der Waals surface area contributed by atoms with E-state index in [4.69, 9.17) is 4.74 Å². The van der Waals surface area contributed by atoms with Crippen molar-refractivity contribution in [2.45, 2.75) is 66.1 Å². The van der Waals surface area contributed by atoms with Gasteiger partial charge >= 0.3 is 0 Å². The number of para-hydroxylation sites is 2. The van der Waals surface area contributed by atoms with E-state index < -0.39 is 16.1 Å². The van der Waals surface area contributed by atoms with Crippen LogP contribution in [0.15, 0.2) is 48.5 Å². The fourth-order valence-corrected chi connectivity index (χ4v) is 4.89. The van der Waals surface area contributed by atoms with Crippen molar-refractivity contribution >= 4 is 27.5 Å². The molecule has 1 N–H and O–H groups in total. The van der Waals surface area contributed by atoms with Gasteiger partial charge < -0.3 is 15.0 Å². The third-order valence-corrected chi connectivity index (χ3v) is 6.80. The summed E-state index contributed by atoms with van der Waals surface area (Å²) in [6.07, 6.45) is 1.52. The van der Waals surface area contributed by atoms with Gasteiger partial charge in [0.05, 0.1) is 18.6 Å². The number of rotatable bonds is 13. The second-order valence-electron chi connectivity index (χ2n) is 9.19. The minimum atomic E-state index is -3.61. The zero-order valence-electron chi connectivity index (χ0n) is 22.2. The molecule has 0 unspecified atom stereocenters. The van der Waals surface area contributed by atoms with Gasteiger partial charge in [-0.3, -0.25) is 13.9 Å². The van der Waals surface area contributed by atoms with Crippen LogP contribution in [-0.4, -0.2) is 56.6 Å². The molecule has 8 nitrogen and oxygen atoms in total. The summed E-state index contributed by atoms with van der Waals surface area (Å²) in [5.74, 6) is 0.0284. The van der Waals surface area contributed by atoms with Gasteiger partial charge in [0.1, 0.15) is 11.8 Å². The average molecular weight is 518 g/mol. The fraction of sp³-hybridized carbons (Fsp3) is 0.481. The number of anilines is 1. The molecule has 0 aliphatic rings. The molecule has 0 aromatic heterocycles. The zero-order chi connectivity index (χ0) is 26.9. The Morgan fingerprint density at radius 2 is 1.75 bits per heavy atom. The third kappa shape index (κ3) is 8.55. The van der Waals surface area contributed by atoms with Gasteiger partial charge in [0.15, 0.2) is 0 Å². The van der Waals surface area contributed by atoms with Gasteiger partial charge in [0, 0.05) is 25.6 Å². The molecule has 2 aromatic carbocycles. The highest BCUT2D eigenvalue weighted by Crippen LogP contribution is 2.30. The summed E-state index contributed by atoms with van der Waals surface area (Å²) in [6, 6.07) is 14.0. The Kier molecular flexibility index (Phi) is 10.8. The lowest BCUT2D eigenvalue weighted by Crippen LogP contribution is -2.49. The van der Waals surface area contributed by atoms with Gasteiger partial charge in [-0.2, -0.15) is 0 Å². The molecule has 0 saturated heterocycles. The second kappa shape index (κ2) is 13.3. The summed E-state index contributed by atoms with van der Waals surface area (Å²) < 4.78 is 32.1. The molecule has 0 bridgehead atoms. The number of hydrogen-bond acceptors (Lipinski definition) is 5. The number of hydrogen-bond donors (Lipinski definition) is 1. The van der Waals surface area contributed by atoms with E-state index >= 15 is 0 Å². The molecule has 2 aromatic rings. The van der Waals surface area contributed by atoms with Crippen molar-refractivity contribution < 1.29 is 22.7 Å². The highest BCUT2D eigenvalue weighted by atomic mass is 32.2. The fourth-order valence-electron chi connectivity index (χ4n) is 3.92. The van der Waals surface area contributed by atoms with Crippen molar-refractivity contribution in [3.8, 4) is 5.75 Å². The highest BCUT2D eigenvalue weighted by molar-refractivity contribution is 7.92. The molecule has 36 heavy (non-hydrogen) atoms. The number of nitrogens with one attached hydrogen (secondary N) is 1. The van der Waals surface area contributed by atoms with Gasteiger partial charge in [0.25, 0.3) is 0 Å². The number of benzene rings is 2. The molecule has 0 spiro atoms. The molecular weight excluding hydrogens is 478 g/mol. The normalized spacial score (nSPS) is 12.2. The summed E-state index contributed by atoms with van der Waals surface area (Å²) in [7, 11) is -3.61.